The molecule has 0 fully saturated rings. The SMILES string of the molecule is C[N+]1=C=[N+]2c3cc4c(cc3Oc3cccc1c32)C(C)(C)CCC4(C)C. The molecule has 3 aliphatic rings. The molecule has 0 N–H and O–H groups in total. The predicted octanol–water partition coefficient (Wildman–Crippen LogP) is 5.44. The van der Waals surface area contributed by atoms with Gasteiger partial charge >= 0.3 is 11.7 Å². The van der Waals surface area contributed by atoms with Crippen LogP contribution < -0.4 is 9.31 Å². The van der Waals surface area contributed by atoms with E-state index in [-0.39, 0.29) is 10.8 Å². The molecule has 0 spiro atoms. The summed E-state index contributed by atoms with van der Waals surface area (Å²) in [6.45, 7) is 9.43. The summed E-state index contributed by atoms with van der Waals surface area (Å²) in [6.07, 6.45) is 2.42. The lowest BCUT2D eigenvalue weighted by Crippen LogP contribution is -2.34. The number of nitrogens with zero attached hydrogens (tertiary/aromatic N) is 2. The van der Waals surface area contributed by atoms with Gasteiger partial charge in [-0.3, -0.25) is 0 Å². The van der Waals surface area contributed by atoms with Gasteiger partial charge in [-0.2, -0.15) is 0 Å². The van der Waals surface area contributed by atoms with Crippen LogP contribution in [0.1, 0.15) is 51.7 Å². The van der Waals surface area contributed by atoms with Crippen LogP contribution in [0.15, 0.2) is 30.3 Å². The van der Waals surface area contributed by atoms with E-state index in [0.29, 0.717) is 0 Å². The molecule has 3 nitrogen and oxygen atoms in total. The van der Waals surface area contributed by atoms with Crippen molar-refractivity contribution in [2.75, 3.05) is 7.05 Å². The minimum absolute atomic E-state index is 0.181. The third-order valence-corrected chi connectivity index (χ3v) is 6.21. The second kappa shape index (κ2) is 4.42. The molecule has 0 saturated carbocycles. The number of hydrogen-bond donors (Lipinski definition) is 0. The Balaban J connectivity index is 1.82. The van der Waals surface area contributed by atoms with E-state index in [1.165, 1.54) is 24.0 Å². The first-order valence-corrected chi connectivity index (χ1v) is 9.08. The van der Waals surface area contributed by atoms with Crippen LogP contribution in [0.4, 0.5) is 17.1 Å². The van der Waals surface area contributed by atoms with Crippen LogP contribution in [0.25, 0.3) is 0 Å². The van der Waals surface area contributed by atoms with Crippen molar-refractivity contribution in [3.05, 3.63) is 41.5 Å². The largest absolute Gasteiger partial charge is 0.496 e. The summed E-state index contributed by atoms with van der Waals surface area (Å²) < 4.78 is 10.6. The van der Waals surface area contributed by atoms with Crippen molar-refractivity contribution in [3.8, 4) is 11.5 Å². The number of hydrogen-bond acceptors (Lipinski definition) is 1. The molecule has 2 heterocycles. The van der Waals surface area contributed by atoms with E-state index in [2.05, 4.69) is 56.5 Å². The molecule has 0 bridgehead atoms. The third-order valence-electron chi connectivity index (χ3n) is 6.21. The van der Waals surface area contributed by atoms with Gasteiger partial charge in [-0.1, -0.05) is 38.3 Å². The second-order valence-electron chi connectivity index (χ2n) is 8.85. The van der Waals surface area contributed by atoms with Gasteiger partial charge < -0.3 is 4.74 Å². The van der Waals surface area contributed by atoms with Crippen LogP contribution in [-0.4, -0.2) is 17.6 Å². The van der Waals surface area contributed by atoms with Crippen LogP contribution in [0.2, 0.25) is 0 Å². The minimum atomic E-state index is 0.181. The molecule has 1 aliphatic carbocycles. The Morgan fingerprint density at radius 3 is 2.32 bits per heavy atom. The van der Waals surface area contributed by atoms with E-state index in [9.17, 15) is 0 Å². The molecule has 0 saturated heterocycles. The molecule has 5 rings (SSSR count). The van der Waals surface area contributed by atoms with Gasteiger partial charge in [0.05, 0.1) is 0 Å². The standard InChI is InChI=1S/C22H24N2O/c1-21(2)9-10-22(3,4)15-12-19-17(11-14(15)21)24-13-23(5)16-7-6-8-18(25-19)20(16)24/h6-8,11-12H,9-10H2,1-5H3/q+2. The molecule has 3 heteroatoms. The van der Waals surface area contributed by atoms with Gasteiger partial charge in [0, 0.05) is 12.1 Å². The Bertz CT molecular complexity index is 1020. The van der Waals surface area contributed by atoms with Crippen molar-refractivity contribution < 1.29 is 9.31 Å². The Morgan fingerprint density at radius 2 is 1.60 bits per heavy atom. The highest BCUT2D eigenvalue weighted by Crippen LogP contribution is 2.54. The highest BCUT2D eigenvalue weighted by Gasteiger charge is 2.45. The lowest BCUT2D eigenvalue weighted by Gasteiger charge is -2.41. The van der Waals surface area contributed by atoms with Gasteiger partial charge in [-0.25, -0.2) is 0 Å². The fourth-order valence-electron chi connectivity index (χ4n) is 4.47. The van der Waals surface area contributed by atoms with Gasteiger partial charge in [0.25, 0.3) is 11.4 Å². The first-order valence-electron chi connectivity index (χ1n) is 9.08. The highest BCUT2D eigenvalue weighted by atomic mass is 16.5. The van der Waals surface area contributed by atoms with Gasteiger partial charge in [-0.05, 0) is 51.5 Å². The topological polar surface area (TPSA) is 15.2 Å². The van der Waals surface area contributed by atoms with Crippen molar-refractivity contribution in [2.45, 2.75) is 51.4 Å². The van der Waals surface area contributed by atoms with Crippen LogP contribution in [0.3, 0.4) is 0 Å². The summed E-state index contributed by atoms with van der Waals surface area (Å²) >= 11 is 0. The zero-order valence-electron chi connectivity index (χ0n) is 15.6. The predicted molar refractivity (Wildman–Crippen MR) is 101 cm³/mol. The maximum Gasteiger partial charge on any atom is 0.496 e. The van der Waals surface area contributed by atoms with Crippen molar-refractivity contribution in [2.24, 2.45) is 0 Å². The Hall–Kier alpha value is -2.38. The van der Waals surface area contributed by atoms with Crippen LogP contribution >= 0.6 is 0 Å². The maximum absolute atomic E-state index is 6.34. The normalized spacial score (nSPS) is 20.7. The van der Waals surface area contributed by atoms with E-state index in [4.69, 9.17) is 4.74 Å². The van der Waals surface area contributed by atoms with Gasteiger partial charge in [0.2, 0.25) is 11.5 Å². The monoisotopic (exact) mass is 332 g/mol. The lowest BCUT2D eigenvalue weighted by atomic mass is 9.63. The van der Waals surface area contributed by atoms with Gasteiger partial charge in [-0.15, -0.1) is 0 Å². The molecular weight excluding hydrogens is 308 g/mol. The Labute approximate surface area is 148 Å². The van der Waals surface area contributed by atoms with E-state index < -0.39 is 0 Å². The molecule has 0 aromatic heterocycles. The van der Waals surface area contributed by atoms with Crippen LogP contribution in [0.5, 0.6) is 11.5 Å². The Morgan fingerprint density at radius 1 is 0.920 bits per heavy atom. The summed E-state index contributed by atoms with van der Waals surface area (Å²) in [6, 6.07) is 14.3. The van der Waals surface area contributed by atoms with E-state index in [1.54, 1.807) is 0 Å². The summed E-state index contributed by atoms with van der Waals surface area (Å²) in [5, 5.41) is 0. The number of para-hydroxylation sites is 1. The molecule has 0 atom stereocenters. The molecule has 0 unspecified atom stereocenters. The average Bonchev–Trinajstić information content (AvgIpc) is 2.90. The molecule has 0 amide bonds. The van der Waals surface area contributed by atoms with Crippen molar-refractivity contribution in [1.29, 1.82) is 0 Å². The average molecular weight is 332 g/mol. The number of ether oxygens (including phenoxy) is 1. The van der Waals surface area contributed by atoms with E-state index >= 15 is 0 Å². The molecule has 126 valence electrons. The van der Waals surface area contributed by atoms with Crippen LogP contribution in [0, 0.1) is 0 Å². The molecule has 2 aromatic carbocycles. The molecule has 2 aliphatic heterocycles. The summed E-state index contributed by atoms with van der Waals surface area (Å²) in [5.74, 6) is 1.85. The fraction of sp³-hybridized carbons (Fsp3) is 0.409. The summed E-state index contributed by atoms with van der Waals surface area (Å²) in [7, 11) is 2.04. The van der Waals surface area contributed by atoms with E-state index in [1.807, 2.05) is 23.8 Å². The maximum atomic E-state index is 6.34. The molecule has 0 radical (unpaired) electrons. The van der Waals surface area contributed by atoms with Crippen molar-refractivity contribution in [3.63, 3.8) is 0 Å². The first-order chi connectivity index (χ1) is 11.8. The summed E-state index contributed by atoms with van der Waals surface area (Å²) in [5.41, 5.74) is 6.59. The molecule has 2 aromatic rings. The third kappa shape index (κ3) is 1.88. The zero-order valence-corrected chi connectivity index (χ0v) is 15.6. The zero-order chi connectivity index (χ0) is 17.6. The smallest absolute Gasteiger partial charge is 0.443 e. The minimum Gasteiger partial charge on any atom is -0.443 e. The number of rotatable bonds is 0. The van der Waals surface area contributed by atoms with Gasteiger partial charge in [0.1, 0.15) is 0 Å². The number of fused-ring (bicyclic) bond motifs is 3. The second-order valence-corrected chi connectivity index (χ2v) is 8.85. The first kappa shape index (κ1) is 14.9. The lowest BCUT2D eigenvalue weighted by molar-refractivity contribution is -0.394. The quantitative estimate of drug-likeness (QED) is 0.501. The number of benzene rings is 2. The highest BCUT2D eigenvalue weighted by molar-refractivity contribution is 5.84. The summed E-state index contributed by atoms with van der Waals surface area (Å²) in [4.78, 5) is 0. The molecular formula is C22H24N2O+2. The molecule has 25 heavy (non-hydrogen) atoms. The van der Waals surface area contributed by atoms with Crippen molar-refractivity contribution >= 4 is 23.1 Å². The Kier molecular flexibility index (Phi) is 2.64. The van der Waals surface area contributed by atoms with Crippen molar-refractivity contribution in [1.82, 2.24) is 4.58 Å². The fourth-order valence-corrected chi connectivity index (χ4v) is 4.47. The van der Waals surface area contributed by atoms with Crippen LogP contribution in [-0.2, 0) is 10.8 Å². The van der Waals surface area contributed by atoms with E-state index in [0.717, 1.165) is 28.6 Å². The van der Waals surface area contributed by atoms with Gasteiger partial charge in [0.15, 0.2) is 7.05 Å².